The number of carbonyl (C=O) groups is 1. The van der Waals surface area contributed by atoms with E-state index in [9.17, 15) is 34.8 Å². The zero-order chi connectivity index (χ0) is 26.2. The van der Waals surface area contributed by atoms with Crippen LogP contribution in [0.25, 0.3) is 0 Å². The van der Waals surface area contributed by atoms with E-state index in [-0.39, 0.29) is 33.8 Å². The highest BCUT2D eigenvalue weighted by Gasteiger charge is 2.38. The quantitative estimate of drug-likeness (QED) is 0.495. The minimum absolute atomic E-state index is 0. The molecule has 36 heavy (non-hydrogen) atoms. The number of hydrogen-bond acceptors (Lipinski definition) is 6. The standard InChI is InChI=1S/C22H32F3N3O5S2.ClH/c1-26(18-8-4-5-9-19(18)27-12-6-7-13-27)21(29)14-16-10-11-17(22(23,24)25)15-20(16)28(34(2,30)31)35(3,32)33;/h10-11,15,18-19H,4-9,12-14H2,1-3H3;1H. The summed E-state index contributed by atoms with van der Waals surface area (Å²) in [4.78, 5) is 17.3. The molecule has 1 saturated heterocycles. The maximum atomic E-state index is 13.4. The summed E-state index contributed by atoms with van der Waals surface area (Å²) in [5, 5.41) is 0. The highest BCUT2D eigenvalue weighted by Crippen LogP contribution is 2.36. The third-order valence-corrected chi connectivity index (χ3v) is 9.97. The monoisotopic (exact) mass is 575 g/mol. The van der Waals surface area contributed by atoms with Crippen LogP contribution in [0.1, 0.15) is 49.7 Å². The predicted octanol–water partition coefficient (Wildman–Crippen LogP) is 3.26. The van der Waals surface area contributed by atoms with Crippen LogP contribution >= 0.6 is 12.4 Å². The summed E-state index contributed by atoms with van der Waals surface area (Å²) in [5.74, 6) is -0.413. The van der Waals surface area contributed by atoms with Gasteiger partial charge in [-0.25, -0.2) is 16.8 Å². The fourth-order valence-corrected chi connectivity index (χ4v) is 8.20. The molecular formula is C22H33ClF3N3O5S2. The highest BCUT2D eigenvalue weighted by atomic mass is 35.5. The van der Waals surface area contributed by atoms with E-state index in [1.807, 2.05) is 0 Å². The zero-order valence-electron chi connectivity index (χ0n) is 20.5. The summed E-state index contributed by atoms with van der Waals surface area (Å²) in [6.45, 7) is 1.92. The molecule has 2 fully saturated rings. The van der Waals surface area contributed by atoms with Gasteiger partial charge in [0.05, 0.1) is 30.2 Å². The van der Waals surface area contributed by atoms with E-state index >= 15 is 0 Å². The van der Waals surface area contributed by atoms with E-state index in [0.29, 0.717) is 18.6 Å². The Morgan fingerprint density at radius 1 is 1.00 bits per heavy atom. The summed E-state index contributed by atoms with van der Waals surface area (Å²) in [7, 11) is -7.37. The minimum atomic E-state index is -4.83. The zero-order valence-corrected chi connectivity index (χ0v) is 22.9. The van der Waals surface area contributed by atoms with Crippen LogP contribution in [0.4, 0.5) is 18.9 Å². The number of halogens is 4. The van der Waals surface area contributed by atoms with Gasteiger partial charge in [-0.15, -0.1) is 12.4 Å². The normalized spacial score (nSPS) is 21.6. The van der Waals surface area contributed by atoms with Crippen molar-refractivity contribution < 1.29 is 34.8 Å². The number of likely N-dealkylation sites (tertiary alicyclic amines) is 1. The van der Waals surface area contributed by atoms with Crippen LogP contribution in [0.2, 0.25) is 0 Å². The van der Waals surface area contributed by atoms with Gasteiger partial charge in [-0.2, -0.15) is 16.9 Å². The van der Waals surface area contributed by atoms with Gasteiger partial charge in [0.1, 0.15) is 0 Å². The fraction of sp³-hybridized carbons (Fsp3) is 0.682. The van der Waals surface area contributed by atoms with Crippen LogP contribution in [-0.4, -0.2) is 77.3 Å². The summed E-state index contributed by atoms with van der Waals surface area (Å²) in [6, 6.07) is 2.29. The Balaban J connectivity index is 0.00000456. The second-order valence-corrected chi connectivity index (χ2v) is 13.3. The average Bonchev–Trinajstić information content (AvgIpc) is 3.26. The van der Waals surface area contributed by atoms with Crippen LogP contribution in [0.3, 0.4) is 0 Å². The summed E-state index contributed by atoms with van der Waals surface area (Å²) < 4.78 is 89.4. The molecule has 1 aliphatic heterocycles. The first-order valence-corrected chi connectivity index (χ1v) is 15.2. The number of likely N-dealkylation sites (N-methyl/N-ethyl adjacent to an activating group) is 1. The molecule has 2 unspecified atom stereocenters. The first kappa shape index (κ1) is 30.7. The number of hydrogen-bond donors (Lipinski definition) is 0. The number of alkyl halides is 3. The molecule has 0 spiro atoms. The van der Waals surface area contributed by atoms with Crippen molar-refractivity contribution in [3.8, 4) is 0 Å². The number of anilines is 1. The Hall–Kier alpha value is -1.57. The van der Waals surface area contributed by atoms with Gasteiger partial charge >= 0.3 is 6.18 Å². The van der Waals surface area contributed by atoms with Crippen molar-refractivity contribution in [3.63, 3.8) is 0 Å². The molecule has 1 heterocycles. The molecule has 206 valence electrons. The number of sulfonamides is 2. The van der Waals surface area contributed by atoms with E-state index in [2.05, 4.69) is 4.90 Å². The smallest absolute Gasteiger partial charge is 0.341 e. The minimum Gasteiger partial charge on any atom is -0.341 e. The summed E-state index contributed by atoms with van der Waals surface area (Å²) >= 11 is 0. The summed E-state index contributed by atoms with van der Waals surface area (Å²) in [6.07, 6.45) is 1.86. The van der Waals surface area contributed by atoms with Gasteiger partial charge in [-0.05, 0) is 56.5 Å². The van der Waals surface area contributed by atoms with Crippen LogP contribution in [-0.2, 0) is 37.4 Å². The van der Waals surface area contributed by atoms with Crippen molar-refractivity contribution in [1.29, 1.82) is 0 Å². The van der Waals surface area contributed by atoms with Crippen LogP contribution < -0.4 is 3.71 Å². The Labute approximate surface area is 217 Å². The van der Waals surface area contributed by atoms with Crippen molar-refractivity contribution in [2.24, 2.45) is 0 Å². The Bertz CT molecular complexity index is 1120. The van der Waals surface area contributed by atoms with E-state index < -0.39 is 49.8 Å². The predicted molar refractivity (Wildman–Crippen MR) is 134 cm³/mol. The molecule has 0 aromatic heterocycles. The molecule has 0 N–H and O–H groups in total. The largest absolute Gasteiger partial charge is 0.416 e. The van der Waals surface area contributed by atoms with Gasteiger partial charge < -0.3 is 4.90 Å². The van der Waals surface area contributed by atoms with E-state index in [1.54, 1.807) is 11.9 Å². The topological polar surface area (TPSA) is 95.1 Å². The number of benzene rings is 1. The number of rotatable bonds is 7. The molecule has 14 heteroatoms. The van der Waals surface area contributed by atoms with Gasteiger partial charge in [0.25, 0.3) is 0 Å². The van der Waals surface area contributed by atoms with Gasteiger partial charge in [-0.3, -0.25) is 9.69 Å². The lowest BCUT2D eigenvalue weighted by Crippen LogP contribution is -2.53. The van der Waals surface area contributed by atoms with Crippen LogP contribution in [0.5, 0.6) is 0 Å². The molecule has 3 rings (SSSR count). The Morgan fingerprint density at radius 2 is 1.56 bits per heavy atom. The van der Waals surface area contributed by atoms with Crippen molar-refractivity contribution in [2.45, 2.75) is 63.2 Å². The second-order valence-electron chi connectivity index (χ2n) is 9.41. The highest BCUT2D eigenvalue weighted by molar-refractivity contribution is 8.09. The van der Waals surface area contributed by atoms with Crippen molar-refractivity contribution >= 4 is 44.0 Å². The SMILES string of the molecule is CN(C(=O)Cc1ccc(C(F)(F)F)cc1N(S(C)(=O)=O)S(C)(=O)=O)C1CCCCC1N1CCCC1.Cl. The second kappa shape index (κ2) is 11.4. The third kappa shape index (κ3) is 7.05. The van der Waals surface area contributed by atoms with Gasteiger partial charge in [0.15, 0.2) is 0 Å². The van der Waals surface area contributed by atoms with Gasteiger partial charge in [0, 0.05) is 19.1 Å². The molecule has 8 nitrogen and oxygen atoms in total. The lowest BCUT2D eigenvalue weighted by molar-refractivity contribution is -0.137. The fourth-order valence-electron chi connectivity index (χ4n) is 5.18. The molecule has 1 saturated carbocycles. The Kier molecular flexibility index (Phi) is 9.74. The van der Waals surface area contributed by atoms with Crippen LogP contribution in [0.15, 0.2) is 18.2 Å². The van der Waals surface area contributed by atoms with Gasteiger partial charge in [0.2, 0.25) is 26.0 Å². The Morgan fingerprint density at radius 3 is 2.08 bits per heavy atom. The average molecular weight is 576 g/mol. The first-order valence-electron chi connectivity index (χ1n) is 11.5. The number of amides is 1. The maximum Gasteiger partial charge on any atom is 0.416 e. The molecule has 1 aromatic carbocycles. The third-order valence-electron chi connectivity index (χ3n) is 6.75. The van der Waals surface area contributed by atoms with Gasteiger partial charge in [-0.1, -0.05) is 18.9 Å². The summed E-state index contributed by atoms with van der Waals surface area (Å²) in [5.41, 5.74) is -2.01. The van der Waals surface area contributed by atoms with E-state index in [1.165, 1.54) is 0 Å². The molecule has 1 aliphatic carbocycles. The first-order chi connectivity index (χ1) is 16.1. The molecule has 2 atom stereocenters. The van der Waals surface area contributed by atoms with Crippen molar-refractivity contribution in [2.75, 3.05) is 36.4 Å². The maximum absolute atomic E-state index is 13.4. The molecular weight excluding hydrogens is 543 g/mol. The number of carbonyl (C=O) groups excluding carboxylic acids is 1. The van der Waals surface area contributed by atoms with E-state index in [0.717, 1.165) is 63.7 Å². The van der Waals surface area contributed by atoms with Crippen molar-refractivity contribution in [1.82, 2.24) is 9.80 Å². The lowest BCUT2D eigenvalue weighted by atomic mass is 9.88. The number of nitrogens with zero attached hydrogens (tertiary/aromatic N) is 3. The molecule has 0 radical (unpaired) electrons. The lowest BCUT2D eigenvalue weighted by Gasteiger charge is -2.42. The van der Waals surface area contributed by atoms with E-state index in [4.69, 9.17) is 0 Å². The van der Waals surface area contributed by atoms with Crippen molar-refractivity contribution in [3.05, 3.63) is 29.3 Å². The molecule has 1 amide bonds. The molecule has 2 aliphatic rings. The molecule has 1 aromatic rings. The van der Waals surface area contributed by atoms with Crippen LogP contribution in [0, 0.1) is 0 Å². The molecule has 0 bridgehead atoms.